The molecule has 2 unspecified atom stereocenters. The Balaban J connectivity index is 2.94. The smallest absolute Gasteiger partial charge is 0.0803 e. The van der Waals surface area contributed by atoms with Gasteiger partial charge in [-0.25, -0.2) is 0 Å². The van der Waals surface area contributed by atoms with E-state index in [1.165, 1.54) is 11.1 Å². The van der Waals surface area contributed by atoms with Gasteiger partial charge in [-0.05, 0) is 56.8 Å². The van der Waals surface area contributed by atoms with E-state index in [0.29, 0.717) is 0 Å². The van der Waals surface area contributed by atoms with Crippen LogP contribution >= 0.6 is 11.6 Å². The summed E-state index contributed by atoms with van der Waals surface area (Å²) in [5.41, 5.74) is 2.20. The fourth-order valence-electron chi connectivity index (χ4n) is 2.39. The number of rotatable bonds is 8. The Morgan fingerprint density at radius 2 is 2.05 bits per heavy atom. The van der Waals surface area contributed by atoms with Crippen molar-refractivity contribution >= 4 is 11.6 Å². The SMILES string of the molecule is CCCNC(Cc1ccc(C)cc1Cl)C(C)(CC)OC. The molecule has 0 spiro atoms. The van der Waals surface area contributed by atoms with Crippen LogP contribution in [-0.2, 0) is 11.2 Å². The van der Waals surface area contributed by atoms with Gasteiger partial charge in [0.1, 0.15) is 0 Å². The normalized spacial score (nSPS) is 15.9. The number of aryl methyl sites for hydroxylation is 1. The first-order valence-corrected chi connectivity index (χ1v) is 7.88. The van der Waals surface area contributed by atoms with Crippen molar-refractivity contribution in [3.63, 3.8) is 0 Å². The first-order chi connectivity index (χ1) is 9.46. The minimum Gasteiger partial charge on any atom is -0.377 e. The number of nitrogens with one attached hydrogen (secondary N) is 1. The predicted molar refractivity (Wildman–Crippen MR) is 87.7 cm³/mol. The van der Waals surface area contributed by atoms with Gasteiger partial charge in [0.25, 0.3) is 0 Å². The summed E-state index contributed by atoms with van der Waals surface area (Å²) in [6, 6.07) is 6.54. The molecular formula is C17H28ClNO. The van der Waals surface area contributed by atoms with Gasteiger partial charge in [-0.3, -0.25) is 0 Å². The van der Waals surface area contributed by atoms with Crippen LogP contribution in [0.2, 0.25) is 5.02 Å². The van der Waals surface area contributed by atoms with Crippen LogP contribution < -0.4 is 5.32 Å². The second-order valence-electron chi connectivity index (χ2n) is 5.68. The third-order valence-corrected chi connectivity index (χ3v) is 4.53. The van der Waals surface area contributed by atoms with Gasteiger partial charge in [-0.1, -0.05) is 37.6 Å². The first kappa shape index (κ1) is 17.5. The molecule has 0 bridgehead atoms. The second-order valence-corrected chi connectivity index (χ2v) is 6.08. The Labute approximate surface area is 128 Å². The molecule has 20 heavy (non-hydrogen) atoms. The molecule has 0 fully saturated rings. The largest absolute Gasteiger partial charge is 0.377 e. The van der Waals surface area contributed by atoms with E-state index in [0.717, 1.165) is 30.8 Å². The maximum absolute atomic E-state index is 6.38. The third kappa shape index (κ3) is 4.47. The number of hydrogen-bond donors (Lipinski definition) is 1. The molecule has 1 N–H and O–H groups in total. The van der Waals surface area contributed by atoms with Crippen LogP contribution in [0.15, 0.2) is 18.2 Å². The Morgan fingerprint density at radius 1 is 1.35 bits per heavy atom. The molecule has 0 aliphatic carbocycles. The molecule has 0 radical (unpaired) electrons. The summed E-state index contributed by atoms with van der Waals surface area (Å²) in [4.78, 5) is 0. The highest BCUT2D eigenvalue weighted by Gasteiger charge is 2.32. The van der Waals surface area contributed by atoms with Crippen molar-refractivity contribution in [1.82, 2.24) is 5.32 Å². The van der Waals surface area contributed by atoms with E-state index in [2.05, 4.69) is 45.1 Å². The maximum Gasteiger partial charge on any atom is 0.0803 e. The van der Waals surface area contributed by atoms with E-state index < -0.39 is 0 Å². The minimum absolute atomic E-state index is 0.177. The summed E-state index contributed by atoms with van der Waals surface area (Å²) >= 11 is 6.38. The molecule has 0 aliphatic heterocycles. The highest BCUT2D eigenvalue weighted by atomic mass is 35.5. The molecule has 0 heterocycles. The van der Waals surface area contributed by atoms with E-state index in [1.807, 2.05) is 6.07 Å². The Hall–Kier alpha value is -0.570. The van der Waals surface area contributed by atoms with Crippen molar-refractivity contribution in [2.75, 3.05) is 13.7 Å². The van der Waals surface area contributed by atoms with E-state index in [-0.39, 0.29) is 11.6 Å². The second kappa shape index (κ2) is 8.02. The molecular weight excluding hydrogens is 270 g/mol. The summed E-state index contributed by atoms with van der Waals surface area (Å²) in [6.45, 7) is 9.57. The number of halogens is 1. The van der Waals surface area contributed by atoms with Crippen LogP contribution in [0.1, 0.15) is 44.7 Å². The molecule has 0 saturated carbocycles. The zero-order chi connectivity index (χ0) is 15.2. The molecule has 0 amide bonds. The van der Waals surface area contributed by atoms with Crippen LogP contribution in [0.5, 0.6) is 0 Å². The molecule has 0 saturated heterocycles. The van der Waals surface area contributed by atoms with Crippen LogP contribution in [0.3, 0.4) is 0 Å². The van der Waals surface area contributed by atoms with Gasteiger partial charge in [-0.15, -0.1) is 0 Å². The zero-order valence-corrected chi connectivity index (χ0v) is 14.2. The van der Waals surface area contributed by atoms with Gasteiger partial charge in [-0.2, -0.15) is 0 Å². The van der Waals surface area contributed by atoms with Crippen LogP contribution in [-0.4, -0.2) is 25.3 Å². The highest BCUT2D eigenvalue weighted by Crippen LogP contribution is 2.26. The molecule has 1 aromatic carbocycles. The van der Waals surface area contributed by atoms with Crippen molar-refractivity contribution in [2.45, 2.75) is 58.6 Å². The summed E-state index contributed by atoms with van der Waals surface area (Å²) in [7, 11) is 1.79. The molecule has 1 aromatic rings. The van der Waals surface area contributed by atoms with Gasteiger partial charge >= 0.3 is 0 Å². The summed E-state index contributed by atoms with van der Waals surface area (Å²) in [5.74, 6) is 0. The van der Waals surface area contributed by atoms with Gasteiger partial charge < -0.3 is 10.1 Å². The Morgan fingerprint density at radius 3 is 2.55 bits per heavy atom. The average molecular weight is 298 g/mol. The van der Waals surface area contributed by atoms with E-state index in [1.54, 1.807) is 7.11 Å². The summed E-state index contributed by atoms with van der Waals surface area (Å²) in [6.07, 6.45) is 2.97. The molecule has 1 rings (SSSR count). The average Bonchev–Trinajstić information content (AvgIpc) is 2.44. The lowest BCUT2D eigenvalue weighted by Gasteiger charge is -2.37. The lowest BCUT2D eigenvalue weighted by atomic mass is 9.88. The molecule has 114 valence electrons. The summed E-state index contributed by atoms with van der Waals surface area (Å²) < 4.78 is 5.78. The van der Waals surface area contributed by atoms with Crippen molar-refractivity contribution in [1.29, 1.82) is 0 Å². The topological polar surface area (TPSA) is 21.3 Å². The van der Waals surface area contributed by atoms with Crippen molar-refractivity contribution < 1.29 is 4.74 Å². The monoisotopic (exact) mass is 297 g/mol. The van der Waals surface area contributed by atoms with Gasteiger partial charge in [0.15, 0.2) is 0 Å². The Bertz CT molecular complexity index is 415. The van der Waals surface area contributed by atoms with Crippen LogP contribution in [0.4, 0.5) is 0 Å². The fraction of sp³-hybridized carbons (Fsp3) is 0.647. The Kier molecular flexibility index (Phi) is 7.01. The molecule has 2 nitrogen and oxygen atoms in total. The van der Waals surface area contributed by atoms with Crippen LogP contribution in [0, 0.1) is 6.92 Å². The van der Waals surface area contributed by atoms with E-state index in [4.69, 9.17) is 16.3 Å². The lowest BCUT2D eigenvalue weighted by Crippen LogP contribution is -2.51. The lowest BCUT2D eigenvalue weighted by molar-refractivity contribution is -0.0287. The maximum atomic E-state index is 6.38. The van der Waals surface area contributed by atoms with Crippen molar-refractivity contribution in [3.8, 4) is 0 Å². The molecule has 3 heteroatoms. The standard InChI is InChI=1S/C17H28ClNO/c1-6-10-19-16(17(4,7-2)20-5)12-14-9-8-13(3)11-15(14)18/h8-9,11,16,19H,6-7,10,12H2,1-5H3. The van der Waals surface area contributed by atoms with Gasteiger partial charge in [0.2, 0.25) is 0 Å². The fourth-order valence-corrected chi connectivity index (χ4v) is 2.71. The number of hydrogen-bond acceptors (Lipinski definition) is 2. The first-order valence-electron chi connectivity index (χ1n) is 7.50. The quantitative estimate of drug-likeness (QED) is 0.769. The van der Waals surface area contributed by atoms with Crippen LogP contribution in [0.25, 0.3) is 0 Å². The zero-order valence-electron chi connectivity index (χ0n) is 13.4. The van der Waals surface area contributed by atoms with E-state index >= 15 is 0 Å². The third-order valence-electron chi connectivity index (χ3n) is 4.18. The van der Waals surface area contributed by atoms with Gasteiger partial charge in [0, 0.05) is 18.2 Å². The molecule has 0 aliphatic rings. The molecule has 2 atom stereocenters. The highest BCUT2D eigenvalue weighted by molar-refractivity contribution is 6.31. The predicted octanol–water partition coefficient (Wildman–Crippen LogP) is 4.37. The molecule has 0 aromatic heterocycles. The van der Waals surface area contributed by atoms with Crippen molar-refractivity contribution in [3.05, 3.63) is 34.3 Å². The summed E-state index contributed by atoms with van der Waals surface area (Å²) in [5, 5.41) is 4.47. The van der Waals surface area contributed by atoms with E-state index in [9.17, 15) is 0 Å². The number of ether oxygens (including phenoxy) is 1. The number of benzene rings is 1. The number of methoxy groups -OCH3 is 1. The van der Waals surface area contributed by atoms with Crippen molar-refractivity contribution in [2.24, 2.45) is 0 Å². The minimum atomic E-state index is -0.177. The van der Waals surface area contributed by atoms with Gasteiger partial charge in [0.05, 0.1) is 5.60 Å².